The molecule has 2 fully saturated rings. The summed E-state index contributed by atoms with van der Waals surface area (Å²) in [6, 6.07) is -0.459. The zero-order valence-electron chi connectivity index (χ0n) is 15.7. The van der Waals surface area contributed by atoms with E-state index in [1.807, 2.05) is 0 Å². The molecule has 0 bridgehead atoms. The Morgan fingerprint density at radius 2 is 1.29 bits per heavy atom. The lowest BCUT2D eigenvalue weighted by molar-refractivity contribution is -0.120. The third-order valence-electron chi connectivity index (χ3n) is 3.84. The quantitative estimate of drug-likeness (QED) is 0.524. The lowest BCUT2D eigenvalue weighted by Gasteiger charge is -2.08. The van der Waals surface area contributed by atoms with E-state index < -0.39 is 0 Å². The number of anilines is 1. The van der Waals surface area contributed by atoms with E-state index in [9.17, 15) is 9.59 Å². The van der Waals surface area contributed by atoms with Gasteiger partial charge in [0.05, 0.1) is 6.04 Å². The van der Waals surface area contributed by atoms with E-state index in [2.05, 4.69) is 40.5 Å². The molecule has 168 valence electrons. The van der Waals surface area contributed by atoms with Crippen molar-refractivity contribution in [2.75, 3.05) is 11.9 Å². The third kappa shape index (κ3) is 9.17. The van der Waals surface area contributed by atoms with Crippen molar-refractivity contribution in [3.8, 4) is 0 Å². The third-order valence-corrected chi connectivity index (χ3v) is 4.68. The molecule has 2 atom stereocenters. The standard InChI is InChI=1S/C7H7Cl2N5O.C5H9NO.C3Cl3N3/c8-5-12-6(9)14-7(13-5)11-3-1-2-10-4(3)15;6-4-2-1-3-5(4)7;4-1-7-2(5)9-3(6)8-1/h3H,1-2H2,(H,10,15)(H,11,12,13,14);4H,1-3,6H2;/t3-;4-;/m00./s1. The zero-order chi connectivity index (χ0) is 23.0. The van der Waals surface area contributed by atoms with Crippen LogP contribution in [0.2, 0.25) is 26.4 Å². The second kappa shape index (κ2) is 12.4. The molecule has 2 aromatic rings. The predicted molar refractivity (Wildman–Crippen MR) is 117 cm³/mol. The molecule has 11 nitrogen and oxygen atoms in total. The molecule has 31 heavy (non-hydrogen) atoms. The van der Waals surface area contributed by atoms with Gasteiger partial charge in [-0.3, -0.25) is 9.59 Å². The van der Waals surface area contributed by atoms with Crippen molar-refractivity contribution in [2.24, 2.45) is 5.73 Å². The number of halogens is 5. The molecule has 1 saturated carbocycles. The molecule has 1 aliphatic heterocycles. The number of ketones is 1. The highest BCUT2D eigenvalue weighted by Gasteiger charge is 2.24. The fourth-order valence-corrected chi connectivity index (χ4v) is 3.40. The topological polar surface area (TPSA) is 162 Å². The normalized spacial score (nSPS) is 19.7. The lowest BCUT2D eigenvalue weighted by Crippen LogP contribution is -2.30. The minimum Gasteiger partial charge on any atom is -0.354 e. The van der Waals surface area contributed by atoms with Crippen molar-refractivity contribution in [2.45, 2.75) is 37.8 Å². The van der Waals surface area contributed by atoms with Crippen LogP contribution in [0.4, 0.5) is 5.95 Å². The molecule has 1 saturated heterocycles. The van der Waals surface area contributed by atoms with E-state index in [1.165, 1.54) is 0 Å². The Labute approximate surface area is 201 Å². The van der Waals surface area contributed by atoms with Crippen LogP contribution in [0.1, 0.15) is 25.7 Å². The number of hydrogen-bond donors (Lipinski definition) is 3. The highest BCUT2D eigenvalue weighted by molar-refractivity contribution is 6.33. The maximum Gasteiger partial charge on any atom is 0.242 e. The molecule has 0 aromatic carbocycles. The van der Waals surface area contributed by atoms with Crippen LogP contribution in [0.15, 0.2) is 0 Å². The molecule has 4 rings (SSSR count). The first kappa shape index (κ1) is 25.6. The maximum absolute atomic E-state index is 11.2. The van der Waals surface area contributed by atoms with E-state index in [1.54, 1.807) is 0 Å². The van der Waals surface area contributed by atoms with Gasteiger partial charge in [-0.15, -0.1) is 0 Å². The van der Waals surface area contributed by atoms with Crippen LogP contribution in [-0.2, 0) is 9.59 Å². The molecular formula is C15H16Cl5N9O2. The van der Waals surface area contributed by atoms with Crippen LogP contribution in [0, 0.1) is 0 Å². The van der Waals surface area contributed by atoms with Crippen molar-refractivity contribution in [3.63, 3.8) is 0 Å². The first-order chi connectivity index (χ1) is 14.6. The zero-order valence-corrected chi connectivity index (χ0v) is 19.4. The van der Waals surface area contributed by atoms with Gasteiger partial charge in [-0.05, 0) is 77.3 Å². The first-order valence-electron chi connectivity index (χ1n) is 8.76. The highest BCUT2D eigenvalue weighted by atomic mass is 35.5. The summed E-state index contributed by atoms with van der Waals surface area (Å²) in [7, 11) is 0. The smallest absolute Gasteiger partial charge is 0.242 e. The van der Waals surface area contributed by atoms with Gasteiger partial charge in [-0.2, -0.15) is 29.9 Å². The lowest BCUT2D eigenvalue weighted by atomic mass is 10.2. The highest BCUT2D eigenvalue weighted by Crippen LogP contribution is 2.13. The summed E-state index contributed by atoms with van der Waals surface area (Å²) in [6.07, 6.45) is 3.29. The summed E-state index contributed by atoms with van der Waals surface area (Å²) in [5.41, 5.74) is 5.33. The van der Waals surface area contributed by atoms with Gasteiger partial charge in [0, 0.05) is 13.0 Å². The molecule has 0 radical (unpaired) electrons. The van der Waals surface area contributed by atoms with Crippen molar-refractivity contribution < 1.29 is 9.59 Å². The van der Waals surface area contributed by atoms with E-state index in [0.717, 1.165) is 12.8 Å². The number of rotatable bonds is 2. The van der Waals surface area contributed by atoms with Crippen molar-refractivity contribution in [1.29, 1.82) is 0 Å². The molecular weight excluding hydrogens is 515 g/mol. The fraction of sp³-hybridized carbons (Fsp3) is 0.467. The number of amides is 1. The number of aromatic nitrogens is 6. The molecule has 16 heteroatoms. The van der Waals surface area contributed by atoms with Crippen LogP contribution in [0.3, 0.4) is 0 Å². The van der Waals surface area contributed by atoms with Crippen molar-refractivity contribution in [1.82, 2.24) is 35.2 Å². The first-order valence-corrected chi connectivity index (χ1v) is 10.6. The Balaban J connectivity index is 0.000000181. The number of nitrogens with one attached hydrogen (secondary N) is 2. The van der Waals surface area contributed by atoms with Crippen LogP contribution >= 0.6 is 58.0 Å². The van der Waals surface area contributed by atoms with Gasteiger partial charge in [0.25, 0.3) is 0 Å². The molecule has 2 aromatic heterocycles. The second-order valence-corrected chi connectivity index (χ2v) is 7.77. The van der Waals surface area contributed by atoms with Crippen LogP contribution < -0.4 is 16.4 Å². The number of carbonyl (C=O) groups excluding carboxylic acids is 2. The summed E-state index contributed by atoms with van der Waals surface area (Å²) in [6.45, 7) is 0.642. The average Bonchev–Trinajstić information content (AvgIpc) is 3.22. The maximum atomic E-state index is 11.2. The number of nitrogens with zero attached hydrogens (tertiary/aromatic N) is 6. The van der Waals surface area contributed by atoms with Crippen molar-refractivity contribution >= 4 is 75.6 Å². The molecule has 0 unspecified atom stereocenters. The monoisotopic (exact) mass is 529 g/mol. The van der Waals surface area contributed by atoms with Crippen LogP contribution in [0.25, 0.3) is 0 Å². The van der Waals surface area contributed by atoms with Crippen molar-refractivity contribution in [3.05, 3.63) is 26.4 Å². The molecule has 1 amide bonds. The molecule has 3 heterocycles. The van der Waals surface area contributed by atoms with E-state index in [4.69, 9.17) is 63.7 Å². The largest absolute Gasteiger partial charge is 0.354 e. The summed E-state index contributed by atoms with van der Waals surface area (Å²) >= 11 is 27.1. The van der Waals surface area contributed by atoms with Gasteiger partial charge in [-0.1, -0.05) is 0 Å². The Morgan fingerprint density at radius 1 is 0.806 bits per heavy atom. The minimum atomic E-state index is -0.334. The molecule has 0 spiro atoms. The van der Waals surface area contributed by atoms with Gasteiger partial charge in [0.2, 0.25) is 38.3 Å². The van der Waals surface area contributed by atoms with Crippen LogP contribution in [0.5, 0.6) is 0 Å². The van der Waals surface area contributed by atoms with Gasteiger partial charge >= 0.3 is 0 Å². The molecule has 1 aliphatic carbocycles. The minimum absolute atomic E-state index is 0.000000000000000444. The average molecular weight is 532 g/mol. The summed E-state index contributed by atoms with van der Waals surface area (Å²) in [5.74, 6) is 0.365. The number of carbonyl (C=O) groups is 2. The Morgan fingerprint density at radius 3 is 1.61 bits per heavy atom. The van der Waals surface area contributed by atoms with Gasteiger partial charge in [0.1, 0.15) is 11.8 Å². The SMILES string of the molecule is Clc1nc(Cl)nc(Cl)n1.N[C@H]1CCCC1=O.O=C1NCC[C@@H]1Nc1nc(Cl)nc(Cl)n1. The van der Waals surface area contributed by atoms with E-state index in [-0.39, 0.29) is 56.1 Å². The fourth-order valence-electron chi connectivity index (χ4n) is 2.42. The molecule has 2 aliphatic rings. The van der Waals surface area contributed by atoms with Gasteiger partial charge in [-0.25, -0.2) is 0 Å². The summed E-state index contributed by atoms with van der Waals surface area (Å²) < 4.78 is 0. The Bertz CT molecular complexity index is 865. The Hall–Kier alpha value is -1.63. The summed E-state index contributed by atoms with van der Waals surface area (Å²) in [4.78, 5) is 43.3. The van der Waals surface area contributed by atoms with E-state index >= 15 is 0 Å². The number of Topliss-reactive ketones (excluding diaryl/α,β-unsaturated/α-hetero) is 1. The van der Waals surface area contributed by atoms with E-state index in [0.29, 0.717) is 19.4 Å². The van der Waals surface area contributed by atoms with Crippen LogP contribution in [-0.4, -0.2) is 60.2 Å². The molecule has 4 N–H and O–H groups in total. The number of nitrogens with two attached hydrogens (primary N) is 1. The van der Waals surface area contributed by atoms with Gasteiger partial charge < -0.3 is 16.4 Å². The second-order valence-electron chi connectivity index (χ2n) is 6.08. The predicted octanol–water partition coefficient (Wildman–Crippen LogP) is 2.38. The Kier molecular flexibility index (Phi) is 10.3. The van der Waals surface area contributed by atoms with Gasteiger partial charge in [0.15, 0.2) is 0 Å². The summed E-state index contributed by atoms with van der Waals surface area (Å²) in [5, 5.41) is 5.50. The number of hydrogen-bond acceptors (Lipinski definition) is 10.